The van der Waals surface area contributed by atoms with Gasteiger partial charge in [0.15, 0.2) is 0 Å². The summed E-state index contributed by atoms with van der Waals surface area (Å²) in [6.45, 7) is 2.94. The molecule has 3 aliphatic rings. The predicted octanol–water partition coefficient (Wildman–Crippen LogP) is -1.13. The monoisotopic (exact) mass is 746 g/mol. The van der Waals surface area contributed by atoms with Crippen LogP contribution in [0.1, 0.15) is 11.1 Å². The minimum Gasteiger partial charge on any atom is -0.548 e. The molecule has 0 aromatic heterocycles. The molecule has 0 amide bonds. The molecular formula is C40H43KN4O8. The molecule has 2 heterocycles. The Hall–Kier alpha value is -3.95. The van der Waals surface area contributed by atoms with Crippen LogP contribution in [-0.4, -0.2) is 85.7 Å². The maximum Gasteiger partial charge on any atom is 1.00 e. The van der Waals surface area contributed by atoms with Crippen molar-refractivity contribution in [3.05, 3.63) is 89.3 Å². The zero-order valence-corrected chi connectivity index (χ0v) is 34.0. The molecule has 3 aromatic carbocycles. The number of anilines is 2. The van der Waals surface area contributed by atoms with Gasteiger partial charge < -0.3 is 53.5 Å². The van der Waals surface area contributed by atoms with Gasteiger partial charge in [0.1, 0.15) is 50.2 Å². The van der Waals surface area contributed by atoms with Crippen LogP contribution in [0.3, 0.4) is 0 Å². The van der Waals surface area contributed by atoms with Crippen molar-refractivity contribution in [3.63, 3.8) is 0 Å². The standard InChI is InChI=1S/C40H44N4O8.K/c1-26-5-11-32-36(19-26)50-17-18-51-37-21-28(7-12-33(37)44(25-39(47)48)14-16-49-15-13-43(32)24-38(45)46)40-30-9-6-27(23-41-2)20-34(30)52-35-22-29(42(3)4)8-10-31(35)40;/h5-12,19-22,41H,13-18,23-25H2,1-4H3,(H-,45,46,47,48);/q;+1/p-1. The number of carbonyl (C=O) groups is 2. The third kappa shape index (κ3) is 9.78. The Labute approximate surface area is 351 Å². The maximum absolute atomic E-state index is 12.0. The van der Waals surface area contributed by atoms with Gasteiger partial charge in [-0.25, -0.2) is 4.58 Å². The van der Waals surface area contributed by atoms with Gasteiger partial charge in [0, 0.05) is 42.2 Å². The molecule has 0 saturated heterocycles. The molecule has 1 N–H and O–H groups in total. The van der Waals surface area contributed by atoms with Crippen LogP contribution in [0.2, 0.25) is 0 Å². The molecule has 0 unspecified atom stereocenters. The summed E-state index contributed by atoms with van der Waals surface area (Å²) in [6.07, 6.45) is 0. The van der Waals surface area contributed by atoms with Gasteiger partial charge in [-0.3, -0.25) is 0 Å². The van der Waals surface area contributed by atoms with Gasteiger partial charge in [0.05, 0.1) is 55.7 Å². The van der Waals surface area contributed by atoms with Crippen molar-refractivity contribution in [3.8, 4) is 33.9 Å². The molecule has 272 valence electrons. The summed E-state index contributed by atoms with van der Waals surface area (Å²) >= 11 is 0. The van der Waals surface area contributed by atoms with Gasteiger partial charge >= 0.3 is 51.4 Å². The van der Waals surface area contributed by atoms with Crippen molar-refractivity contribution in [1.29, 1.82) is 0 Å². The summed E-state index contributed by atoms with van der Waals surface area (Å²) in [4.78, 5) is 26.9. The Bertz CT molecular complexity index is 2130. The maximum atomic E-state index is 12.0. The summed E-state index contributed by atoms with van der Waals surface area (Å²) in [5.41, 5.74) is 6.62. The molecular weight excluding hydrogens is 704 g/mol. The fraction of sp³-hybridized carbons (Fsp3) is 0.325. The van der Waals surface area contributed by atoms with E-state index in [1.54, 1.807) is 9.80 Å². The van der Waals surface area contributed by atoms with Gasteiger partial charge in [-0.1, -0.05) is 24.3 Å². The van der Waals surface area contributed by atoms with Gasteiger partial charge in [-0.15, -0.1) is 0 Å². The largest absolute Gasteiger partial charge is 1.00 e. The molecule has 6 rings (SSSR count). The number of rotatable bonds is 7. The first-order chi connectivity index (χ1) is 25.1. The summed E-state index contributed by atoms with van der Waals surface area (Å²) in [7, 11) is 5.87. The van der Waals surface area contributed by atoms with Gasteiger partial charge in [-0.05, 0) is 67.1 Å². The third-order valence-electron chi connectivity index (χ3n) is 8.96. The van der Waals surface area contributed by atoms with Gasteiger partial charge in [-0.2, -0.15) is 0 Å². The zero-order chi connectivity index (χ0) is 36.8. The quantitative estimate of drug-likeness (QED) is 0.123. The topological polar surface area (TPSA) is 143 Å². The van der Waals surface area contributed by atoms with Crippen LogP contribution in [0.4, 0.5) is 11.4 Å². The van der Waals surface area contributed by atoms with Gasteiger partial charge in [0.25, 0.3) is 0 Å². The Kier molecular flexibility index (Phi) is 14.0. The number of fused-ring (bicyclic) bond motifs is 4. The van der Waals surface area contributed by atoms with Gasteiger partial charge in [0.2, 0.25) is 5.36 Å². The number of carboxylic acid groups (broad SMARTS) is 2. The Morgan fingerprint density at radius 3 is 2.06 bits per heavy atom. The number of aliphatic carboxylic acids is 2. The molecule has 0 radical (unpaired) electrons. The second-order valence-electron chi connectivity index (χ2n) is 13.0. The average molecular weight is 747 g/mol. The smallest absolute Gasteiger partial charge is 0.548 e. The van der Waals surface area contributed by atoms with E-state index in [0.29, 0.717) is 29.4 Å². The molecule has 0 atom stereocenters. The Morgan fingerprint density at radius 1 is 0.792 bits per heavy atom. The summed E-state index contributed by atoms with van der Waals surface area (Å²) in [6, 6.07) is 23.6. The second kappa shape index (κ2) is 18.4. The first-order valence-corrected chi connectivity index (χ1v) is 17.2. The number of nitrogens with one attached hydrogen (secondary N) is 1. The third-order valence-corrected chi connectivity index (χ3v) is 8.96. The molecule has 13 heteroatoms. The molecule has 53 heavy (non-hydrogen) atoms. The molecule has 2 aliphatic heterocycles. The number of carboxylic acids is 2. The number of benzene rings is 4. The summed E-state index contributed by atoms with van der Waals surface area (Å²) < 4.78 is 27.1. The number of carbonyl (C=O) groups excluding carboxylic acids is 2. The van der Waals surface area contributed by atoms with Crippen LogP contribution in [0.15, 0.2) is 77.2 Å². The van der Waals surface area contributed by atoms with Crippen LogP contribution < -0.4 is 96.1 Å². The van der Waals surface area contributed by atoms with Crippen LogP contribution in [-0.2, 0) is 20.9 Å². The van der Waals surface area contributed by atoms with Crippen LogP contribution in [0, 0.1) is 6.92 Å². The van der Waals surface area contributed by atoms with E-state index in [-0.39, 0.29) is 97.4 Å². The minimum absolute atomic E-state index is 0. The molecule has 12 nitrogen and oxygen atoms in total. The average Bonchev–Trinajstić information content (AvgIpc) is 3.11. The fourth-order valence-corrected chi connectivity index (χ4v) is 6.51. The van der Waals surface area contributed by atoms with Crippen LogP contribution in [0.25, 0.3) is 33.4 Å². The van der Waals surface area contributed by atoms with Crippen molar-refractivity contribution in [1.82, 2.24) is 9.89 Å². The van der Waals surface area contributed by atoms with E-state index in [9.17, 15) is 19.8 Å². The summed E-state index contributed by atoms with van der Waals surface area (Å²) in [5.74, 6) is -0.799. The van der Waals surface area contributed by atoms with Crippen molar-refractivity contribution in [2.45, 2.75) is 13.5 Å². The number of aryl methyl sites for hydroxylation is 1. The first-order valence-electron chi connectivity index (χ1n) is 17.2. The van der Waals surface area contributed by atoms with Crippen molar-refractivity contribution < 1.29 is 89.8 Å². The SMILES string of the molecule is CNCc1ccc2c(-c3ccc4c(c3)OCCOc3cc(C)ccc3N(CC(=O)[O-])CCOCCN4CC(=O)[O-])c3ccc(=[N+](C)C)cc-3oc2c1.[K+]. The first kappa shape index (κ1) is 40.2. The van der Waals surface area contributed by atoms with E-state index < -0.39 is 18.5 Å². The predicted molar refractivity (Wildman–Crippen MR) is 196 cm³/mol. The van der Waals surface area contributed by atoms with E-state index in [4.69, 9.17) is 18.6 Å². The van der Waals surface area contributed by atoms with E-state index in [2.05, 4.69) is 23.5 Å². The Morgan fingerprint density at radius 2 is 1.43 bits per heavy atom. The van der Waals surface area contributed by atoms with Crippen LogP contribution in [0.5, 0.6) is 11.5 Å². The normalized spacial score (nSPS) is 13.8. The molecule has 0 fully saturated rings. The number of hydrogen-bond donors (Lipinski definition) is 1. The second-order valence-corrected chi connectivity index (χ2v) is 13.0. The van der Waals surface area contributed by atoms with E-state index in [0.717, 1.165) is 49.9 Å². The number of nitrogens with zero attached hydrogens (tertiary/aromatic N) is 3. The minimum atomic E-state index is -1.25. The Balaban J connectivity index is 0.00000541. The molecule has 0 bridgehead atoms. The van der Waals surface area contributed by atoms with E-state index in [1.165, 1.54) is 0 Å². The molecule has 3 aromatic rings. The van der Waals surface area contributed by atoms with E-state index in [1.807, 2.05) is 87.2 Å². The molecule has 1 aliphatic carbocycles. The molecule has 0 saturated carbocycles. The van der Waals surface area contributed by atoms with E-state index >= 15 is 0 Å². The van der Waals surface area contributed by atoms with Crippen molar-refractivity contribution in [2.75, 3.05) is 83.5 Å². The number of hydrogen-bond acceptors (Lipinski definition) is 11. The van der Waals surface area contributed by atoms with Crippen molar-refractivity contribution >= 4 is 34.3 Å². The van der Waals surface area contributed by atoms with Crippen LogP contribution >= 0.6 is 0 Å². The fourth-order valence-electron chi connectivity index (χ4n) is 6.51. The molecule has 0 spiro atoms. The zero-order valence-electron chi connectivity index (χ0n) is 30.9. The number of ether oxygens (including phenoxy) is 3. The van der Waals surface area contributed by atoms with Crippen molar-refractivity contribution in [2.24, 2.45) is 0 Å². The summed E-state index contributed by atoms with van der Waals surface area (Å²) in [5, 5.41) is 28.8.